The van der Waals surface area contributed by atoms with Crippen molar-refractivity contribution in [2.75, 3.05) is 0 Å². The number of nitrogens with zero attached hydrogens (tertiary/aromatic N) is 3. The van der Waals surface area contributed by atoms with Crippen LogP contribution < -0.4 is 4.74 Å². The molecule has 2 rings (SSSR count). The van der Waals surface area contributed by atoms with Gasteiger partial charge in [-0.05, 0) is 37.1 Å². The summed E-state index contributed by atoms with van der Waals surface area (Å²) in [6, 6.07) is 5.72. The van der Waals surface area contributed by atoms with E-state index in [1.807, 2.05) is 20.8 Å². The van der Waals surface area contributed by atoms with E-state index in [2.05, 4.69) is 16.3 Å². The Kier molecular flexibility index (Phi) is 3.81. The van der Waals surface area contributed by atoms with Crippen molar-refractivity contribution >= 4 is 0 Å². The standard InChI is InChI=1S/C14H15N3O2/c1-4-12-16-17-13(19-12)8-18-14-9(2)5-11(7-15)6-10(14)3/h5-6H,4,8H2,1-3H3. The summed E-state index contributed by atoms with van der Waals surface area (Å²) < 4.78 is 11.1. The molecule has 0 aliphatic rings. The summed E-state index contributed by atoms with van der Waals surface area (Å²) in [6.07, 6.45) is 0.710. The van der Waals surface area contributed by atoms with Gasteiger partial charge in [0, 0.05) is 6.42 Å². The average molecular weight is 257 g/mol. The van der Waals surface area contributed by atoms with Crippen molar-refractivity contribution in [2.45, 2.75) is 33.8 Å². The maximum atomic E-state index is 8.89. The third kappa shape index (κ3) is 2.91. The van der Waals surface area contributed by atoms with Crippen molar-refractivity contribution in [1.29, 1.82) is 5.26 Å². The second-order valence-electron chi connectivity index (χ2n) is 4.28. The Hall–Kier alpha value is -2.35. The molecule has 0 radical (unpaired) electrons. The van der Waals surface area contributed by atoms with Crippen LogP contribution in [0, 0.1) is 25.2 Å². The third-order valence-electron chi connectivity index (χ3n) is 2.74. The number of aromatic nitrogens is 2. The van der Waals surface area contributed by atoms with E-state index in [0.29, 0.717) is 23.8 Å². The molecule has 0 aliphatic carbocycles. The smallest absolute Gasteiger partial charge is 0.253 e. The van der Waals surface area contributed by atoms with Gasteiger partial charge in [0.15, 0.2) is 6.61 Å². The molecule has 0 fully saturated rings. The van der Waals surface area contributed by atoms with Gasteiger partial charge in [-0.1, -0.05) is 6.92 Å². The summed E-state index contributed by atoms with van der Waals surface area (Å²) in [4.78, 5) is 0. The van der Waals surface area contributed by atoms with E-state index in [1.54, 1.807) is 12.1 Å². The van der Waals surface area contributed by atoms with E-state index in [4.69, 9.17) is 14.4 Å². The van der Waals surface area contributed by atoms with E-state index in [0.717, 1.165) is 16.9 Å². The van der Waals surface area contributed by atoms with Gasteiger partial charge in [-0.15, -0.1) is 10.2 Å². The van der Waals surface area contributed by atoms with Gasteiger partial charge in [0.1, 0.15) is 5.75 Å². The summed E-state index contributed by atoms with van der Waals surface area (Å²) in [6.45, 7) is 6.01. The van der Waals surface area contributed by atoms with Crippen molar-refractivity contribution in [3.63, 3.8) is 0 Å². The van der Waals surface area contributed by atoms with E-state index in [-0.39, 0.29) is 6.61 Å². The highest BCUT2D eigenvalue weighted by molar-refractivity contribution is 5.47. The van der Waals surface area contributed by atoms with Crippen LogP contribution in [-0.2, 0) is 13.0 Å². The minimum atomic E-state index is 0.237. The fourth-order valence-corrected chi connectivity index (χ4v) is 1.87. The molecule has 0 saturated carbocycles. The summed E-state index contributed by atoms with van der Waals surface area (Å²) in [5.74, 6) is 1.82. The Morgan fingerprint density at radius 3 is 2.37 bits per heavy atom. The first-order chi connectivity index (χ1) is 9.13. The van der Waals surface area contributed by atoms with Gasteiger partial charge in [-0.3, -0.25) is 0 Å². The zero-order valence-electron chi connectivity index (χ0n) is 11.2. The largest absolute Gasteiger partial charge is 0.483 e. The average Bonchev–Trinajstić information content (AvgIpc) is 2.85. The number of rotatable bonds is 4. The van der Waals surface area contributed by atoms with Gasteiger partial charge < -0.3 is 9.15 Å². The predicted molar refractivity (Wildman–Crippen MR) is 68.6 cm³/mol. The van der Waals surface area contributed by atoms with Gasteiger partial charge in [0.25, 0.3) is 5.89 Å². The molecular weight excluding hydrogens is 242 g/mol. The van der Waals surface area contributed by atoms with Gasteiger partial charge in [0.05, 0.1) is 11.6 Å². The number of hydrogen-bond acceptors (Lipinski definition) is 5. The fraction of sp³-hybridized carbons (Fsp3) is 0.357. The van der Waals surface area contributed by atoms with Crippen molar-refractivity contribution in [2.24, 2.45) is 0 Å². The van der Waals surface area contributed by atoms with Gasteiger partial charge in [-0.2, -0.15) is 5.26 Å². The maximum absolute atomic E-state index is 8.89. The molecule has 19 heavy (non-hydrogen) atoms. The van der Waals surface area contributed by atoms with Gasteiger partial charge in [0.2, 0.25) is 5.89 Å². The lowest BCUT2D eigenvalue weighted by Crippen LogP contribution is -2.00. The highest BCUT2D eigenvalue weighted by Crippen LogP contribution is 2.25. The molecule has 0 saturated heterocycles. The zero-order valence-corrected chi connectivity index (χ0v) is 11.2. The number of ether oxygens (including phenoxy) is 1. The van der Waals surface area contributed by atoms with E-state index >= 15 is 0 Å². The number of hydrogen-bond donors (Lipinski definition) is 0. The van der Waals surface area contributed by atoms with Crippen LogP contribution in [-0.4, -0.2) is 10.2 Å². The minimum Gasteiger partial charge on any atom is -0.483 e. The van der Waals surface area contributed by atoms with Crippen LogP contribution in [0.3, 0.4) is 0 Å². The molecular formula is C14H15N3O2. The normalized spacial score (nSPS) is 10.2. The van der Waals surface area contributed by atoms with Crippen LogP contribution in [0.5, 0.6) is 5.75 Å². The highest BCUT2D eigenvalue weighted by atomic mass is 16.5. The van der Waals surface area contributed by atoms with Gasteiger partial charge >= 0.3 is 0 Å². The van der Waals surface area contributed by atoms with Crippen LogP contribution in [0.25, 0.3) is 0 Å². The second-order valence-corrected chi connectivity index (χ2v) is 4.28. The van der Waals surface area contributed by atoms with Crippen LogP contribution >= 0.6 is 0 Å². The predicted octanol–water partition coefficient (Wildman–Crippen LogP) is 2.70. The molecule has 1 heterocycles. The van der Waals surface area contributed by atoms with Crippen molar-refractivity contribution < 1.29 is 9.15 Å². The molecule has 5 heteroatoms. The SMILES string of the molecule is CCc1nnc(COc2c(C)cc(C#N)cc2C)o1. The summed E-state index contributed by atoms with van der Waals surface area (Å²) in [5, 5.41) is 16.7. The molecule has 0 bridgehead atoms. The first-order valence-electron chi connectivity index (χ1n) is 6.09. The Morgan fingerprint density at radius 2 is 1.84 bits per heavy atom. The zero-order chi connectivity index (χ0) is 13.8. The van der Waals surface area contributed by atoms with E-state index < -0.39 is 0 Å². The third-order valence-corrected chi connectivity index (χ3v) is 2.74. The molecule has 1 aromatic heterocycles. The molecule has 0 atom stereocenters. The molecule has 0 N–H and O–H groups in total. The number of benzene rings is 1. The molecule has 0 unspecified atom stereocenters. The summed E-state index contributed by atoms with van der Waals surface area (Å²) in [7, 11) is 0. The molecule has 0 spiro atoms. The molecule has 1 aromatic carbocycles. The van der Waals surface area contributed by atoms with Crippen LogP contribution in [0.4, 0.5) is 0 Å². The topological polar surface area (TPSA) is 71.9 Å². The molecule has 2 aromatic rings. The van der Waals surface area contributed by atoms with Gasteiger partial charge in [-0.25, -0.2) is 0 Å². The van der Waals surface area contributed by atoms with Crippen LogP contribution in [0.2, 0.25) is 0 Å². The van der Waals surface area contributed by atoms with E-state index in [1.165, 1.54) is 0 Å². The lowest BCUT2D eigenvalue weighted by Gasteiger charge is -2.10. The highest BCUT2D eigenvalue weighted by Gasteiger charge is 2.09. The number of nitriles is 1. The quantitative estimate of drug-likeness (QED) is 0.842. The fourth-order valence-electron chi connectivity index (χ4n) is 1.87. The molecule has 98 valence electrons. The maximum Gasteiger partial charge on any atom is 0.253 e. The Bertz CT molecular complexity index is 603. The Morgan fingerprint density at radius 1 is 1.21 bits per heavy atom. The molecule has 0 amide bonds. The van der Waals surface area contributed by atoms with Crippen molar-refractivity contribution in [3.8, 4) is 11.8 Å². The Balaban J connectivity index is 2.13. The van der Waals surface area contributed by atoms with E-state index in [9.17, 15) is 0 Å². The summed E-state index contributed by atoms with van der Waals surface area (Å²) >= 11 is 0. The molecule has 5 nitrogen and oxygen atoms in total. The Labute approximate surface area is 111 Å². The minimum absolute atomic E-state index is 0.237. The monoisotopic (exact) mass is 257 g/mol. The van der Waals surface area contributed by atoms with Crippen LogP contribution in [0.1, 0.15) is 35.4 Å². The van der Waals surface area contributed by atoms with Crippen LogP contribution in [0.15, 0.2) is 16.5 Å². The first kappa shape index (κ1) is 13.1. The second kappa shape index (κ2) is 5.53. The van der Waals surface area contributed by atoms with Crippen molar-refractivity contribution in [3.05, 3.63) is 40.6 Å². The summed E-state index contributed by atoms with van der Waals surface area (Å²) in [5.41, 5.74) is 2.48. The first-order valence-corrected chi connectivity index (χ1v) is 6.09. The van der Waals surface area contributed by atoms with Crippen molar-refractivity contribution in [1.82, 2.24) is 10.2 Å². The molecule has 0 aliphatic heterocycles. The number of aryl methyl sites for hydroxylation is 3. The lowest BCUT2D eigenvalue weighted by molar-refractivity contribution is 0.256. The lowest BCUT2D eigenvalue weighted by atomic mass is 10.1.